The van der Waals surface area contributed by atoms with Crippen LogP contribution in [0.5, 0.6) is 5.75 Å². The van der Waals surface area contributed by atoms with Crippen molar-refractivity contribution in [3.05, 3.63) is 53.9 Å². The molecule has 0 bridgehead atoms. The van der Waals surface area contributed by atoms with Crippen molar-refractivity contribution in [1.82, 2.24) is 19.7 Å². The van der Waals surface area contributed by atoms with Gasteiger partial charge in [-0.1, -0.05) is 12.1 Å². The van der Waals surface area contributed by atoms with E-state index in [0.717, 1.165) is 44.4 Å². The molecule has 0 amide bonds. The van der Waals surface area contributed by atoms with Crippen molar-refractivity contribution in [2.45, 2.75) is 25.9 Å². The van der Waals surface area contributed by atoms with Crippen molar-refractivity contribution >= 4 is 5.96 Å². The van der Waals surface area contributed by atoms with E-state index < -0.39 is 0 Å². The third-order valence-corrected chi connectivity index (χ3v) is 5.85. The summed E-state index contributed by atoms with van der Waals surface area (Å²) in [6, 6.07) is 12.7. The number of nitrogens with zero attached hydrogens (tertiary/aromatic N) is 4. The molecule has 0 spiro atoms. The van der Waals surface area contributed by atoms with Gasteiger partial charge in [0.15, 0.2) is 5.96 Å². The van der Waals surface area contributed by atoms with Crippen molar-refractivity contribution in [3.8, 4) is 5.75 Å². The summed E-state index contributed by atoms with van der Waals surface area (Å²) in [5.41, 5.74) is 2.63. The average Bonchev–Trinajstić information content (AvgIpc) is 3.14. The Labute approximate surface area is 175 Å². The predicted molar refractivity (Wildman–Crippen MR) is 119 cm³/mol. The van der Waals surface area contributed by atoms with Crippen LogP contribution in [0.3, 0.4) is 0 Å². The van der Waals surface area contributed by atoms with E-state index >= 15 is 0 Å². The van der Waals surface area contributed by atoms with E-state index in [4.69, 9.17) is 4.74 Å². The van der Waals surface area contributed by atoms with Gasteiger partial charge in [-0.05, 0) is 61.7 Å². The lowest BCUT2D eigenvalue weighted by Gasteiger charge is -2.33. The largest absolute Gasteiger partial charge is 0.497 e. The molecule has 29 heavy (non-hydrogen) atoms. The molecule has 0 unspecified atom stereocenters. The van der Waals surface area contributed by atoms with E-state index in [2.05, 4.69) is 69.2 Å². The van der Waals surface area contributed by atoms with Crippen LogP contribution in [-0.2, 0) is 20.1 Å². The molecule has 6 nitrogen and oxygen atoms in total. The van der Waals surface area contributed by atoms with Gasteiger partial charge in [0.2, 0.25) is 0 Å². The number of hydrogen-bond donors (Lipinski definition) is 1. The molecule has 2 heterocycles. The zero-order chi connectivity index (χ0) is 20.6. The lowest BCUT2D eigenvalue weighted by molar-refractivity contribution is 0.177. The standard InChI is InChI=1S/C23H35N5O/c1-24-23(27(3)18-21-6-5-13-26(21)2)25-16-19-11-14-28(15-12-19)17-20-7-9-22(29-4)10-8-20/h5-10,13,19H,11-12,14-18H2,1-4H3,(H,24,25). The molecular weight excluding hydrogens is 362 g/mol. The SMILES string of the molecule is CN=C(NCC1CCN(Cc2ccc(OC)cc2)CC1)N(C)Cc1cccn1C. The maximum absolute atomic E-state index is 5.25. The van der Waals surface area contributed by atoms with Gasteiger partial charge in [0, 0.05) is 46.1 Å². The number of piperidine rings is 1. The fraction of sp³-hybridized carbons (Fsp3) is 0.522. The number of hydrogen-bond acceptors (Lipinski definition) is 3. The van der Waals surface area contributed by atoms with E-state index in [1.807, 2.05) is 19.2 Å². The second-order valence-electron chi connectivity index (χ2n) is 7.96. The van der Waals surface area contributed by atoms with Crippen molar-refractivity contribution in [2.75, 3.05) is 40.8 Å². The van der Waals surface area contributed by atoms with E-state index in [9.17, 15) is 0 Å². The number of aromatic nitrogens is 1. The minimum absolute atomic E-state index is 0.697. The highest BCUT2D eigenvalue weighted by Crippen LogP contribution is 2.20. The first-order chi connectivity index (χ1) is 14.1. The second kappa shape index (κ2) is 10.3. The van der Waals surface area contributed by atoms with Crippen LogP contribution in [0.1, 0.15) is 24.1 Å². The molecule has 3 rings (SSSR count). The molecule has 1 saturated heterocycles. The first kappa shape index (κ1) is 21.2. The summed E-state index contributed by atoms with van der Waals surface area (Å²) >= 11 is 0. The molecule has 1 N–H and O–H groups in total. The van der Waals surface area contributed by atoms with E-state index in [1.165, 1.54) is 24.1 Å². The fourth-order valence-electron chi connectivity index (χ4n) is 3.94. The van der Waals surface area contributed by atoms with Gasteiger partial charge in [0.25, 0.3) is 0 Å². The molecule has 1 aromatic heterocycles. The molecule has 0 atom stereocenters. The Morgan fingerprint density at radius 3 is 2.52 bits per heavy atom. The Morgan fingerprint density at radius 1 is 1.21 bits per heavy atom. The van der Waals surface area contributed by atoms with E-state index in [0.29, 0.717) is 5.92 Å². The summed E-state index contributed by atoms with van der Waals surface area (Å²) in [6.07, 6.45) is 4.53. The van der Waals surface area contributed by atoms with Crippen molar-refractivity contribution in [1.29, 1.82) is 0 Å². The summed E-state index contributed by atoms with van der Waals surface area (Å²) in [6.45, 7) is 5.15. The molecule has 158 valence electrons. The summed E-state index contributed by atoms with van der Waals surface area (Å²) in [7, 11) is 7.75. The Kier molecular flexibility index (Phi) is 7.58. The molecule has 2 aromatic rings. The molecule has 1 aliphatic heterocycles. The first-order valence-corrected chi connectivity index (χ1v) is 10.5. The summed E-state index contributed by atoms with van der Waals surface area (Å²) in [5, 5.41) is 3.58. The van der Waals surface area contributed by atoms with Gasteiger partial charge in [-0.15, -0.1) is 0 Å². The number of rotatable bonds is 7. The first-order valence-electron chi connectivity index (χ1n) is 10.5. The third kappa shape index (κ3) is 6.00. The molecule has 1 aromatic carbocycles. The Bertz CT molecular complexity index is 775. The Morgan fingerprint density at radius 2 is 1.93 bits per heavy atom. The lowest BCUT2D eigenvalue weighted by Crippen LogP contribution is -2.43. The van der Waals surface area contributed by atoms with E-state index in [-0.39, 0.29) is 0 Å². The number of nitrogens with one attached hydrogen (secondary N) is 1. The molecule has 1 aliphatic rings. The van der Waals surface area contributed by atoms with Crippen LogP contribution >= 0.6 is 0 Å². The maximum Gasteiger partial charge on any atom is 0.193 e. The van der Waals surface area contributed by atoms with Gasteiger partial charge >= 0.3 is 0 Å². The third-order valence-electron chi connectivity index (χ3n) is 5.85. The highest BCUT2D eigenvalue weighted by atomic mass is 16.5. The van der Waals surface area contributed by atoms with Crippen LogP contribution in [0, 0.1) is 5.92 Å². The summed E-state index contributed by atoms with van der Waals surface area (Å²) in [5.74, 6) is 2.58. The van der Waals surface area contributed by atoms with Crippen LogP contribution in [0.2, 0.25) is 0 Å². The number of ether oxygens (including phenoxy) is 1. The zero-order valence-electron chi connectivity index (χ0n) is 18.3. The highest BCUT2D eigenvalue weighted by molar-refractivity contribution is 5.79. The minimum atomic E-state index is 0.697. The van der Waals surface area contributed by atoms with Gasteiger partial charge in [-0.25, -0.2) is 0 Å². The van der Waals surface area contributed by atoms with Crippen molar-refractivity contribution in [3.63, 3.8) is 0 Å². The van der Waals surface area contributed by atoms with Crippen LogP contribution in [0.25, 0.3) is 0 Å². The smallest absolute Gasteiger partial charge is 0.193 e. The summed E-state index contributed by atoms with van der Waals surface area (Å²) in [4.78, 5) is 9.21. The van der Waals surface area contributed by atoms with Gasteiger partial charge < -0.3 is 19.5 Å². The normalized spacial score (nSPS) is 16.1. The monoisotopic (exact) mass is 397 g/mol. The van der Waals surface area contributed by atoms with Crippen LogP contribution in [0.4, 0.5) is 0 Å². The van der Waals surface area contributed by atoms with Crippen LogP contribution in [-0.4, -0.2) is 61.2 Å². The molecule has 6 heteroatoms. The highest BCUT2D eigenvalue weighted by Gasteiger charge is 2.20. The van der Waals surface area contributed by atoms with E-state index in [1.54, 1.807) is 7.11 Å². The number of methoxy groups -OCH3 is 1. The average molecular weight is 398 g/mol. The number of guanidine groups is 1. The molecule has 1 fully saturated rings. The topological polar surface area (TPSA) is 45.0 Å². The molecule has 0 radical (unpaired) electrons. The van der Waals surface area contributed by atoms with Gasteiger partial charge in [0.1, 0.15) is 5.75 Å². The number of aryl methyl sites for hydroxylation is 1. The van der Waals surface area contributed by atoms with Gasteiger partial charge in [-0.3, -0.25) is 9.89 Å². The number of benzene rings is 1. The predicted octanol–water partition coefficient (Wildman–Crippen LogP) is 2.95. The quantitative estimate of drug-likeness (QED) is 0.576. The van der Waals surface area contributed by atoms with Gasteiger partial charge in [-0.2, -0.15) is 0 Å². The van der Waals surface area contributed by atoms with Gasteiger partial charge in [0.05, 0.1) is 13.7 Å². The summed E-state index contributed by atoms with van der Waals surface area (Å²) < 4.78 is 7.40. The zero-order valence-corrected chi connectivity index (χ0v) is 18.3. The maximum atomic E-state index is 5.25. The molecule has 0 aliphatic carbocycles. The second-order valence-corrected chi connectivity index (χ2v) is 7.96. The van der Waals surface area contributed by atoms with Crippen molar-refractivity contribution < 1.29 is 4.74 Å². The molecular formula is C23H35N5O. The fourth-order valence-corrected chi connectivity index (χ4v) is 3.94. The Hall–Kier alpha value is -2.47. The van der Waals surface area contributed by atoms with Crippen LogP contribution in [0.15, 0.2) is 47.6 Å². The Balaban J connectivity index is 1.40. The van der Waals surface area contributed by atoms with Crippen LogP contribution < -0.4 is 10.1 Å². The molecule has 0 saturated carbocycles. The number of aliphatic imine (C=N–C) groups is 1. The minimum Gasteiger partial charge on any atom is -0.497 e. The lowest BCUT2D eigenvalue weighted by atomic mass is 9.96. The van der Waals surface area contributed by atoms with Crippen molar-refractivity contribution in [2.24, 2.45) is 18.0 Å². The number of likely N-dealkylation sites (tertiary alicyclic amines) is 1.